The molecule has 0 radical (unpaired) electrons. The Labute approximate surface area is 164 Å². The predicted molar refractivity (Wildman–Crippen MR) is 105 cm³/mol. The van der Waals surface area contributed by atoms with Crippen LogP contribution in [0.15, 0.2) is 42.7 Å². The molecule has 1 atom stereocenters. The van der Waals surface area contributed by atoms with Gasteiger partial charge in [0.1, 0.15) is 5.82 Å². The fourth-order valence-electron chi connectivity index (χ4n) is 4.41. The first-order chi connectivity index (χ1) is 13.5. The van der Waals surface area contributed by atoms with Gasteiger partial charge in [-0.05, 0) is 43.5 Å². The van der Waals surface area contributed by atoms with Crippen molar-refractivity contribution >= 4 is 17.6 Å². The Balaban J connectivity index is 1.49. The number of nitrogen functional groups attached to an aromatic ring is 1. The van der Waals surface area contributed by atoms with Crippen LogP contribution in [0.25, 0.3) is 0 Å². The van der Waals surface area contributed by atoms with Gasteiger partial charge in [-0.2, -0.15) is 0 Å². The fourth-order valence-corrected chi connectivity index (χ4v) is 4.41. The van der Waals surface area contributed by atoms with Gasteiger partial charge in [-0.25, -0.2) is 4.98 Å². The molecule has 4 rings (SSSR count). The minimum atomic E-state index is -0.0465. The molecule has 0 aromatic carbocycles. The zero-order chi connectivity index (χ0) is 19.6. The molecule has 1 unspecified atom stereocenters. The van der Waals surface area contributed by atoms with E-state index in [0.29, 0.717) is 37.4 Å². The predicted octanol–water partition coefficient (Wildman–Crippen LogP) is 2.10. The molecule has 0 aliphatic carbocycles. The third-order valence-electron chi connectivity index (χ3n) is 5.80. The average molecular weight is 379 g/mol. The van der Waals surface area contributed by atoms with E-state index >= 15 is 0 Å². The van der Waals surface area contributed by atoms with Crippen LogP contribution in [0.5, 0.6) is 0 Å². The molecule has 0 bridgehead atoms. The first-order valence-corrected chi connectivity index (χ1v) is 9.73. The molecular weight excluding hydrogens is 354 g/mol. The average Bonchev–Trinajstić information content (AvgIpc) is 2.71. The molecule has 2 aliphatic heterocycles. The number of hydrogen-bond donors (Lipinski definition) is 1. The fraction of sp³-hybridized carbons (Fsp3) is 0.429. The van der Waals surface area contributed by atoms with Crippen molar-refractivity contribution in [2.45, 2.75) is 32.2 Å². The van der Waals surface area contributed by atoms with Crippen LogP contribution in [0, 0.1) is 5.41 Å². The number of likely N-dealkylation sites (tertiary alicyclic amines) is 2. The van der Waals surface area contributed by atoms with Gasteiger partial charge in [-0.3, -0.25) is 14.6 Å². The quantitative estimate of drug-likeness (QED) is 0.882. The summed E-state index contributed by atoms with van der Waals surface area (Å²) in [7, 11) is 0. The second kappa shape index (κ2) is 7.58. The highest BCUT2D eigenvalue weighted by Gasteiger charge is 2.42. The monoisotopic (exact) mass is 379 g/mol. The summed E-state index contributed by atoms with van der Waals surface area (Å²) in [6.45, 7) is 2.60. The normalized spacial score (nSPS) is 22.5. The molecular formula is C21H25N5O2. The topological polar surface area (TPSA) is 92.4 Å². The van der Waals surface area contributed by atoms with E-state index in [0.717, 1.165) is 31.5 Å². The number of aromatic nitrogens is 2. The lowest BCUT2D eigenvalue weighted by Gasteiger charge is -2.48. The molecule has 2 fully saturated rings. The number of anilines is 1. The molecule has 28 heavy (non-hydrogen) atoms. The SMILES string of the molecule is Nc1cc(C(=O)N2CCCC3(CCC(=O)N(Cc4ccccn4)C3)C2)ccn1. The number of nitrogens with two attached hydrogens (primary N) is 1. The Kier molecular flexibility index (Phi) is 4.98. The lowest BCUT2D eigenvalue weighted by Crippen LogP contribution is -2.54. The third-order valence-corrected chi connectivity index (χ3v) is 5.80. The molecule has 146 valence electrons. The molecule has 4 heterocycles. The molecule has 2 amide bonds. The first-order valence-electron chi connectivity index (χ1n) is 9.73. The highest BCUT2D eigenvalue weighted by Crippen LogP contribution is 2.39. The number of nitrogens with zero attached hydrogens (tertiary/aromatic N) is 4. The van der Waals surface area contributed by atoms with Crippen molar-refractivity contribution in [2.24, 2.45) is 5.41 Å². The lowest BCUT2D eigenvalue weighted by atomic mass is 9.73. The summed E-state index contributed by atoms with van der Waals surface area (Å²) in [5.41, 5.74) is 7.15. The van der Waals surface area contributed by atoms with E-state index in [1.807, 2.05) is 28.0 Å². The molecule has 2 aliphatic rings. The zero-order valence-corrected chi connectivity index (χ0v) is 15.9. The van der Waals surface area contributed by atoms with Crippen molar-refractivity contribution in [1.82, 2.24) is 19.8 Å². The van der Waals surface area contributed by atoms with Crippen molar-refractivity contribution < 1.29 is 9.59 Å². The van der Waals surface area contributed by atoms with Gasteiger partial charge in [0.15, 0.2) is 0 Å². The van der Waals surface area contributed by atoms with Crippen LogP contribution >= 0.6 is 0 Å². The second-order valence-corrected chi connectivity index (χ2v) is 7.87. The van der Waals surface area contributed by atoms with Crippen LogP contribution in [-0.2, 0) is 11.3 Å². The second-order valence-electron chi connectivity index (χ2n) is 7.87. The smallest absolute Gasteiger partial charge is 0.254 e. The number of pyridine rings is 2. The highest BCUT2D eigenvalue weighted by atomic mass is 16.2. The Morgan fingerprint density at radius 2 is 2.04 bits per heavy atom. The molecule has 2 saturated heterocycles. The maximum absolute atomic E-state index is 13.0. The lowest BCUT2D eigenvalue weighted by molar-refractivity contribution is -0.139. The van der Waals surface area contributed by atoms with E-state index in [-0.39, 0.29) is 17.2 Å². The molecule has 2 aromatic heterocycles. The summed E-state index contributed by atoms with van der Waals surface area (Å²) in [4.78, 5) is 37.6. The largest absolute Gasteiger partial charge is 0.384 e. The Hall–Kier alpha value is -2.96. The van der Waals surface area contributed by atoms with Gasteiger partial charge in [0.05, 0.1) is 12.2 Å². The number of hydrogen-bond acceptors (Lipinski definition) is 5. The number of rotatable bonds is 3. The van der Waals surface area contributed by atoms with E-state index in [1.165, 1.54) is 0 Å². The number of carbonyl (C=O) groups is 2. The summed E-state index contributed by atoms with van der Waals surface area (Å²) >= 11 is 0. The van der Waals surface area contributed by atoms with Crippen LogP contribution in [0.3, 0.4) is 0 Å². The van der Waals surface area contributed by atoms with Gasteiger partial charge >= 0.3 is 0 Å². The summed E-state index contributed by atoms with van der Waals surface area (Å²) in [6, 6.07) is 9.09. The van der Waals surface area contributed by atoms with Crippen LogP contribution in [0.4, 0.5) is 5.82 Å². The zero-order valence-electron chi connectivity index (χ0n) is 15.9. The maximum Gasteiger partial charge on any atom is 0.254 e. The van der Waals surface area contributed by atoms with Crippen LogP contribution in [0.2, 0.25) is 0 Å². The molecule has 1 spiro atoms. The minimum absolute atomic E-state index is 0.0126. The van der Waals surface area contributed by atoms with E-state index in [1.54, 1.807) is 24.5 Å². The van der Waals surface area contributed by atoms with E-state index in [9.17, 15) is 9.59 Å². The van der Waals surface area contributed by atoms with Crippen molar-refractivity contribution in [3.05, 3.63) is 54.0 Å². The Bertz CT molecular complexity index is 872. The highest BCUT2D eigenvalue weighted by molar-refractivity contribution is 5.94. The summed E-state index contributed by atoms with van der Waals surface area (Å²) in [5.74, 6) is 0.505. The van der Waals surface area contributed by atoms with Crippen LogP contribution in [-0.4, -0.2) is 51.2 Å². The van der Waals surface area contributed by atoms with E-state index < -0.39 is 0 Å². The minimum Gasteiger partial charge on any atom is -0.384 e. The Morgan fingerprint density at radius 3 is 2.82 bits per heavy atom. The van der Waals surface area contributed by atoms with Crippen molar-refractivity contribution in [3.63, 3.8) is 0 Å². The standard InChI is InChI=1S/C21H25N5O2/c22-18-12-16(6-10-24-18)20(28)25-11-3-7-21(14-25)8-5-19(27)26(15-21)13-17-4-1-2-9-23-17/h1-2,4,6,9-10,12H,3,5,7-8,11,13-15H2,(H2,22,24). The van der Waals surface area contributed by atoms with Gasteiger partial charge in [0.2, 0.25) is 5.91 Å². The molecule has 7 nitrogen and oxygen atoms in total. The number of piperidine rings is 2. The molecule has 2 N–H and O–H groups in total. The van der Waals surface area contributed by atoms with Crippen LogP contribution < -0.4 is 5.73 Å². The molecule has 0 saturated carbocycles. The summed E-state index contributed by atoms with van der Waals surface area (Å²) < 4.78 is 0. The van der Waals surface area contributed by atoms with Crippen molar-refractivity contribution in [2.75, 3.05) is 25.4 Å². The van der Waals surface area contributed by atoms with Crippen molar-refractivity contribution in [1.29, 1.82) is 0 Å². The van der Waals surface area contributed by atoms with Crippen molar-refractivity contribution in [3.8, 4) is 0 Å². The van der Waals surface area contributed by atoms with Gasteiger partial charge in [-0.1, -0.05) is 6.07 Å². The van der Waals surface area contributed by atoms with Gasteiger partial charge in [0, 0.05) is 49.4 Å². The van der Waals surface area contributed by atoms with Gasteiger partial charge in [-0.15, -0.1) is 0 Å². The third kappa shape index (κ3) is 3.83. The van der Waals surface area contributed by atoms with Gasteiger partial charge < -0.3 is 15.5 Å². The number of amides is 2. The number of carbonyl (C=O) groups excluding carboxylic acids is 2. The van der Waals surface area contributed by atoms with E-state index in [4.69, 9.17) is 5.73 Å². The molecule has 2 aromatic rings. The molecule has 7 heteroatoms. The van der Waals surface area contributed by atoms with Gasteiger partial charge in [0.25, 0.3) is 5.91 Å². The maximum atomic E-state index is 13.0. The van der Waals surface area contributed by atoms with E-state index in [2.05, 4.69) is 9.97 Å². The van der Waals surface area contributed by atoms with Crippen LogP contribution in [0.1, 0.15) is 41.7 Å². The summed E-state index contributed by atoms with van der Waals surface area (Å²) in [5, 5.41) is 0. The summed E-state index contributed by atoms with van der Waals surface area (Å²) in [6.07, 6.45) is 6.64. The Morgan fingerprint density at radius 1 is 1.14 bits per heavy atom. The first kappa shape index (κ1) is 18.4.